The number of rotatable bonds is 5. The molecule has 20 heavy (non-hydrogen) atoms. The summed E-state index contributed by atoms with van der Waals surface area (Å²) in [5.41, 5.74) is 2.91. The van der Waals surface area contributed by atoms with E-state index in [1.165, 1.54) is 81.0 Å². The topological polar surface area (TPSA) is 21.1 Å². The van der Waals surface area contributed by atoms with Gasteiger partial charge in [0.2, 0.25) is 0 Å². The molecule has 3 rings (SSSR count). The van der Waals surface area contributed by atoms with Crippen molar-refractivity contribution < 1.29 is 0 Å². The second kappa shape index (κ2) is 6.52. The molecule has 0 amide bonds. The first-order valence-electron chi connectivity index (χ1n) is 8.08. The highest BCUT2D eigenvalue weighted by Gasteiger charge is 2.30. The number of imidazole rings is 1. The van der Waals surface area contributed by atoms with Crippen LogP contribution in [0, 0.1) is 0 Å². The lowest BCUT2D eigenvalue weighted by Crippen LogP contribution is -2.26. The van der Waals surface area contributed by atoms with E-state index in [0.717, 1.165) is 0 Å². The number of hydrogen-bond donors (Lipinski definition) is 0. The van der Waals surface area contributed by atoms with Crippen LogP contribution >= 0.6 is 11.8 Å². The number of hydrogen-bond acceptors (Lipinski definition) is 3. The molecular formula is C16H27N3S. The van der Waals surface area contributed by atoms with Crippen molar-refractivity contribution in [2.24, 2.45) is 7.05 Å². The predicted octanol–water partition coefficient (Wildman–Crippen LogP) is 3.19. The molecule has 0 spiro atoms. The second-order valence-electron chi connectivity index (χ2n) is 6.17. The Hall–Kier alpha value is -0.480. The van der Waals surface area contributed by atoms with Crippen LogP contribution in [0.15, 0.2) is 0 Å². The van der Waals surface area contributed by atoms with Crippen LogP contribution in [0.1, 0.15) is 55.4 Å². The molecule has 0 bridgehead atoms. The normalized spacial score (nSPS) is 23.2. The molecule has 0 unspecified atom stereocenters. The fraction of sp³-hybridized carbons (Fsp3) is 0.812. The molecular weight excluding hydrogens is 266 g/mol. The van der Waals surface area contributed by atoms with Crippen LogP contribution in [0.4, 0.5) is 0 Å². The molecule has 1 aromatic heterocycles. The average molecular weight is 293 g/mol. The van der Waals surface area contributed by atoms with Crippen LogP contribution in [-0.4, -0.2) is 39.5 Å². The number of likely N-dealkylation sites (tertiary alicyclic amines) is 1. The molecule has 0 N–H and O–H groups in total. The first-order chi connectivity index (χ1) is 9.81. The number of aromatic nitrogens is 2. The summed E-state index contributed by atoms with van der Waals surface area (Å²) in [6.45, 7) is 2.50. The van der Waals surface area contributed by atoms with Gasteiger partial charge in [0.1, 0.15) is 5.82 Å². The van der Waals surface area contributed by atoms with E-state index >= 15 is 0 Å². The molecule has 3 nitrogen and oxygen atoms in total. The van der Waals surface area contributed by atoms with Gasteiger partial charge in [-0.15, -0.1) is 0 Å². The Morgan fingerprint density at radius 2 is 2.10 bits per heavy atom. The average Bonchev–Trinajstić information content (AvgIpc) is 3.05. The first kappa shape index (κ1) is 14.5. The van der Waals surface area contributed by atoms with Gasteiger partial charge in [0.05, 0.1) is 11.7 Å². The smallest absolute Gasteiger partial charge is 0.126 e. The van der Waals surface area contributed by atoms with E-state index in [1.54, 1.807) is 0 Å². The third-order valence-electron chi connectivity index (χ3n) is 4.86. The largest absolute Gasteiger partial charge is 0.334 e. The molecule has 0 radical (unpaired) electrons. The van der Waals surface area contributed by atoms with Crippen LogP contribution in [0.5, 0.6) is 0 Å². The van der Waals surface area contributed by atoms with Crippen LogP contribution in [0.2, 0.25) is 0 Å². The Morgan fingerprint density at radius 3 is 2.90 bits per heavy atom. The lowest BCUT2D eigenvalue weighted by molar-refractivity contribution is 0.246. The Bertz CT molecular complexity index is 455. The highest BCUT2D eigenvalue weighted by atomic mass is 32.2. The Morgan fingerprint density at radius 1 is 1.25 bits per heavy atom. The van der Waals surface area contributed by atoms with E-state index in [1.807, 2.05) is 11.8 Å². The van der Waals surface area contributed by atoms with Gasteiger partial charge < -0.3 is 4.57 Å². The summed E-state index contributed by atoms with van der Waals surface area (Å²) in [4.78, 5) is 7.70. The minimum absolute atomic E-state index is 0.576. The van der Waals surface area contributed by atoms with Crippen LogP contribution < -0.4 is 0 Å². The van der Waals surface area contributed by atoms with E-state index in [4.69, 9.17) is 4.98 Å². The van der Waals surface area contributed by atoms with Gasteiger partial charge in [0.25, 0.3) is 0 Å². The molecule has 1 aliphatic carbocycles. The Balaban J connectivity index is 1.75. The highest BCUT2D eigenvalue weighted by Crippen LogP contribution is 2.33. The predicted molar refractivity (Wildman–Crippen MR) is 86.4 cm³/mol. The summed E-state index contributed by atoms with van der Waals surface area (Å²) in [6.07, 6.45) is 11.2. The molecule has 1 saturated heterocycles. The number of fused-ring (bicyclic) bond motifs is 1. The van der Waals surface area contributed by atoms with E-state index in [-0.39, 0.29) is 0 Å². The van der Waals surface area contributed by atoms with Gasteiger partial charge in [-0.3, -0.25) is 4.90 Å². The van der Waals surface area contributed by atoms with Gasteiger partial charge >= 0.3 is 0 Å². The Kier molecular flexibility index (Phi) is 4.72. The van der Waals surface area contributed by atoms with Gasteiger partial charge in [0.15, 0.2) is 0 Å². The quantitative estimate of drug-likeness (QED) is 0.778. The van der Waals surface area contributed by atoms with E-state index in [0.29, 0.717) is 6.04 Å². The van der Waals surface area contributed by atoms with Gasteiger partial charge in [-0.1, -0.05) is 0 Å². The summed E-state index contributed by atoms with van der Waals surface area (Å²) >= 11 is 1.96. The van der Waals surface area contributed by atoms with Crippen LogP contribution in [-0.2, 0) is 19.9 Å². The molecule has 1 aliphatic heterocycles. The van der Waals surface area contributed by atoms with Gasteiger partial charge in [-0.25, -0.2) is 4.98 Å². The maximum atomic E-state index is 5.03. The van der Waals surface area contributed by atoms with E-state index in [9.17, 15) is 0 Å². The summed E-state index contributed by atoms with van der Waals surface area (Å²) in [7, 11) is 2.24. The summed E-state index contributed by atoms with van der Waals surface area (Å²) in [5.74, 6) is 2.62. The second-order valence-corrected chi connectivity index (χ2v) is 7.16. The fourth-order valence-electron chi connectivity index (χ4n) is 3.80. The van der Waals surface area contributed by atoms with Gasteiger partial charge in [-0.2, -0.15) is 11.8 Å². The summed E-state index contributed by atoms with van der Waals surface area (Å²) in [6, 6.07) is 0.576. The molecule has 2 aliphatic rings. The van der Waals surface area contributed by atoms with Gasteiger partial charge in [0, 0.05) is 12.7 Å². The van der Waals surface area contributed by atoms with Gasteiger partial charge in [-0.05, 0) is 70.0 Å². The maximum Gasteiger partial charge on any atom is 0.126 e. The fourth-order valence-corrected chi connectivity index (χ4v) is 4.22. The lowest BCUT2D eigenvalue weighted by atomic mass is 10.0. The number of aryl methyl sites for hydroxylation is 1. The molecule has 112 valence electrons. The molecule has 2 heterocycles. The standard InChI is InChI=1S/C16H27N3S/c1-18-14-8-4-3-7-13(14)17-16(18)15-9-5-10-19(15)11-6-12-20-2/h15H,3-12H2,1-2H3/t15-/m0/s1. The van der Waals surface area contributed by atoms with Crippen molar-refractivity contribution in [2.45, 2.75) is 51.0 Å². The van der Waals surface area contributed by atoms with Crippen LogP contribution in [0.3, 0.4) is 0 Å². The zero-order chi connectivity index (χ0) is 13.9. The van der Waals surface area contributed by atoms with Crippen molar-refractivity contribution in [1.29, 1.82) is 0 Å². The van der Waals surface area contributed by atoms with Crippen molar-refractivity contribution in [3.05, 3.63) is 17.2 Å². The Labute approximate surface area is 127 Å². The summed E-state index contributed by atoms with van der Waals surface area (Å²) < 4.78 is 2.42. The third-order valence-corrected chi connectivity index (χ3v) is 5.56. The minimum atomic E-state index is 0.576. The van der Waals surface area contributed by atoms with Crippen molar-refractivity contribution in [3.63, 3.8) is 0 Å². The zero-order valence-corrected chi connectivity index (χ0v) is 13.7. The minimum Gasteiger partial charge on any atom is -0.334 e. The summed E-state index contributed by atoms with van der Waals surface area (Å²) in [5, 5.41) is 0. The molecule has 1 atom stereocenters. The van der Waals surface area contributed by atoms with Crippen molar-refractivity contribution in [3.8, 4) is 0 Å². The first-order valence-corrected chi connectivity index (χ1v) is 9.48. The SMILES string of the molecule is CSCCCN1CCC[C@H]1c1nc2c(n1C)CCCC2. The van der Waals surface area contributed by atoms with Crippen molar-refractivity contribution in [2.75, 3.05) is 25.1 Å². The van der Waals surface area contributed by atoms with E-state index in [2.05, 4.69) is 22.8 Å². The highest BCUT2D eigenvalue weighted by molar-refractivity contribution is 7.98. The molecule has 0 saturated carbocycles. The van der Waals surface area contributed by atoms with E-state index < -0.39 is 0 Å². The van der Waals surface area contributed by atoms with Crippen molar-refractivity contribution >= 4 is 11.8 Å². The number of thioether (sulfide) groups is 1. The van der Waals surface area contributed by atoms with Crippen molar-refractivity contribution in [1.82, 2.24) is 14.5 Å². The number of nitrogens with zero attached hydrogens (tertiary/aromatic N) is 3. The molecule has 1 aromatic rings. The molecule has 4 heteroatoms. The monoisotopic (exact) mass is 293 g/mol. The molecule has 1 fully saturated rings. The third kappa shape index (κ3) is 2.77. The molecule has 0 aromatic carbocycles. The lowest BCUT2D eigenvalue weighted by Gasteiger charge is -2.24. The maximum absolute atomic E-state index is 5.03. The zero-order valence-electron chi connectivity index (χ0n) is 12.9. The van der Waals surface area contributed by atoms with Crippen LogP contribution in [0.25, 0.3) is 0 Å².